The molecule has 1 aliphatic heterocycles. The van der Waals surface area contributed by atoms with Gasteiger partial charge in [0.2, 0.25) is 21.8 Å². The highest BCUT2D eigenvalue weighted by molar-refractivity contribution is 7.89. The molecule has 0 bridgehead atoms. The van der Waals surface area contributed by atoms with Crippen molar-refractivity contribution in [2.24, 2.45) is 5.92 Å². The standard InChI is InChI=1S/C21H26N4O5S/c1-30-18-4-6-19(7-5-18)31(28,29)25-14-2-3-16(15-25)21(27)23-13-10-20(26)24-17-8-11-22-12-9-17/h4-9,11-12,16H,2-3,10,13-15H2,1H3,(H,23,27)(H,22,24,26)/t16-/m1/s1. The Morgan fingerprint density at radius 2 is 1.87 bits per heavy atom. The first-order valence-electron chi connectivity index (χ1n) is 10.0. The third-order valence-electron chi connectivity index (χ3n) is 5.07. The fourth-order valence-electron chi connectivity index (χ4n) is 3.37. The van der Waals surface area contributed by atoms with Crippen molar-refractivity contribution < 1.29 is 22.7 Å². The maximum absolute atomic E-state index is 12.9. The zero-order chi connectivity index (χ0) is 22.3. The molecular weight excluding hydrogens is 420 g/mol. The molecule has 3 rings (SSSR count). The number of anilines is 1. The molecule has 1 saturated heterocycles. The monoisotopic (exact) mass is 446 g/mol. The highest BCUT2D eigenvalue weighted by Crippen LogP contribution is 2.25. The summed E-state index contributed by atoms with van der Waals surface area (Å²) >= 11 is 0. The first kappa shape index (κ1) is 22.7. The molecule has 1 aromatic carbocycles. The number of aromatic nitrogens is 1. The second-order valence-corrected chi connectivity index (χ2v) is 9.14. The zero-order valence-corrected chi connectivity index (χ0v) is 18.1. The van der Waals surface area contributed by atoms with Crippen LogP contribution in [-0.2, 0) is 19.6 Å². The maximum atomic E-state index is 12.9. The average molecular weight is 447 g/mol. The highest BCUT2D eigenvalue weighted by atomic mass is 32.2. The zero-order valence-electron chi connectivity index (χ0n) is 17.3. The third kappa shape index (κ3) is 6.02. The second-order valence-electron chi connectivity index (χ2n) is 7.20. The Bertz CT molecular complexity index is 996. The Hall–Kier alpha value is -2.98. The smallest absolute Gasteiger partial charge is 0.243 e. The van der Waals surface area contributed by atoms with Crippen molar-refractivity contribution in [3.8, 4) is 5.75 Å². The summed E-state index contributed by atoms with van der Waals surface area (Å²) in [6.07, 6.45) is 4.47. The Morgan fingerprint density at radius 3 is 2.55 bits per heavy atom. The maximum Gasteiger partial charge on any atom is 0.243 e. The number of methoxy groups -OCH3 is 1. The molecule has 2 heterocycles. The molecule has 1 atom stereocenters. The Labute approximate surface area is 181 Å². The van der Waals surface area contributed by atoms with Crippen LogP contribution in [0.25, 0.3) is 0 Å². The largest absolute Gasteiger partial charge is 0.497 e. The molecule has 2 N–H and O–H groups in total. The van der Waals surface area contributed by atoms with Crippen molar-refractivity contribution in [3.05, 3.63) is 48.8 Å². The predicted molar refractivity (Wildman–Crippen MR) is 115 cm³/mol. The first-order chi connectivity index (χ1) is 14.9. The molecule has 2 amide bonds. The molecule has 1 aliphatic rings. The van der Waals surface area contributed by atoms with E-state index in [4.69, 9.17) is 4.74 Å². The Balaban J connectivity index is 1.51. The van der Waals surface area contributed by atoms with Gasteiger partial charge in [-0.1, -0.05) is 0 Å². The van der Waals surface area contributed by atoms with Crippen molar-refractivity contribution >= 4 is 27.5 Å². The number of rotatable bonds is 8. The minimum Gasteiger partial charge on any atom is -0.497 e. The molecule has 0 saturated carbocycles. The van der Waals surface area contributed by atoms with E-state index in [1.165, 1.54) is 23.5 Å². The molecule has 0 unspecified atom stereocenters. The number of ether oxygens (including phenoxy) is 1. The second kappa shape index (κ2) is 10.4. The van der Waals surface area contributed by atoms with Gasteiger partial charge in [-0.25, -0.2) is 8.42 Å². The minimum atomic E-state index is -3.69. The Kier molecular flexibility index (Phi) is 7.59. The van der Waals surface area contributed by atoms with Gasteiger partial charge in [0.05, 0.1) is 17.9 Å². The number of benzene rings is 1. The molecule has 0 aliphatic carbocycles. The average Bonchev–Trinajstić information content (AvgIpc) is 2.79. The number of nitrogens with zero attached hydrogens (tertiary/aromatic N) is 2. The highest BCUT2D eigenvalue weighted by Gasteiger charge is 2.33. The number of nitrogens with one attached hydrogen (secondary N) is 2. The lowest BCUT2D eigenvalue weighted by Crippen LogP contribution is -2.45. The number of pyridine rings is 1. The van der Waals surface area contributed by atoms with Gasteiger partial charge in [0.1, 0.15) is 5.75 Å². The predicted octanol–water partition coefficient (Wildman–Crippen LogP) is 1.64. The number of carbonyl (C=O) groups excluding carboxylic acids is 2. The van der Waals surface area contributed by atoms with Gasteiger partial charge in [0, 0.05) is 44.1 Å². The third-order valence-corrected chi connectivity index (χ3v) is 6.95. The van der Waals surface area contributed by atoms with E-state index in [1.54, 1.807) is 36.7 Å². The number of piperidine rings is 1. The molecule has 31 heavy (non-hydrogen) atoms. The van der Waals surface area contributed by atoms with Crippen LogP contribution in [-0.4, -0.2) is 56.3 Å². The molecular formula is C21H26N4O5S. The van der Waals surface area contributed by atoms with Gasteiger partial charge in [-0.05, 0) is 49.2 Å². The lowest BCUT2D eigenvalue weighted by Gasteiger charge is -2.31. The fourth-order valence-corrected chi connectivity index (χ4v) is 4.90. The van der Waals surface area contributed by atoms with Gasteiger partial charge in [-0.15, -0.1) is 0 Å². The van der Waals surface area contributed by atoms with Crippen LogP contribution in [0.1, 0.15) is 19.3 Å². The quantitative estimate of drug-likeness (QED) is 0.637. The van der Waals surface area contributed by atoms with E-state index in [2.05, 4.69) is 15.6 Å². The van der Waals surface area contributed by atoms with Crippen LogP contribution in [0, 0.1) is 5.92 Å². The van der Waals surface area contributed by atoms with E-state index < -0.39 is 15.9 Å². The van der Waals surface area contributed by atoms with Crippen molar-refractivity contribution in [2.75, 3.05) is 32.1 Å². The number of hydrogen-bond acceptors (Lipinski definition) is 6. The van der Waals surface area contributed by atoms with E-state index in [9.17, 15) is 18.0 Å². The number of amides is 2. The number of sulfonamides is 1. The number of carbonyl (C=O) groups is 2. The summed E-state index contributed by atoms with van der Waals surface area (Å²) in [7, 11) is -2.18. The molecule has 2 aromatic rings. The summed E-state index contributed by atoms with van der Waals surface area (Å²) in [4.78, 5) is 28.6. The summed E-state index contributed by atoms with van der Waals surface area (Å²) in [5.74, 6) is -0.349. The lowest BCUT2D eigenvalue weighted by atomic mass is 9.99. The van der Waals surface area contributed by atoms with Gasteiger partial charge < -0.3 is 15.4 Å². The summed E-state index contributed by atoms with van der Waals surface area (Å²) in [5.41, 5.74) is 0.637. The van der Waals surface area contributed by atoms with E-state index in [1.807, 2.05) is 0 Å². The Morgan fingerprint density at radius 1 is 1.16 bits per heavy atom. The van der Waals surface area contributed by atoms with Gasteiger partial charge in [-0.3, -0.25) is 14.6 Å². The van der Waals surface area contributed by atoms with Crippen LogP contribution in [0.3, 0.4) is 0 Å². The molecule has 0 spiro atoms. The van der Waals surface area contributed by atoms with E-state index >= 15 is 0 Å². The van der Waals surface area contributed by atoms with Crippen LogP contribution in [0.15, 0.2) is 53.7 Å². The topological polar surface area (TPSA) is 118 Å². The summed E-state index contributed by atoms with van der Waals surface area (Å²) in [5, 5.41) is 5.47. The lowest BCUT2D eigenvalue weighted by molar-refractivity contribution is -0.126. The van der Waals surface area contributed by atoms with E-state index in [-0.39, 0.29) is 36.2 Å². The van der Waals surface area contributed by atoms with E-state index in [0.29, 0.717) is 30.8 Å². The van der Waals surface area contributed by atoms with Crippen molar-refractivity contribution in [1.82, 2.24) is 14.6 Å². The normalized spacial score (nSPS) is 17.0. The molecule has 166 valence electrons. The first-order valence-corrected chi connectivity index (χ1v) is 11.5. The summed E-state index contributed by atoms with van der Waals surface area (Å²) in [6.45, 7) is 0.660. The van der Waals surface area contributed by atoms with Crippen LogP contribution >= 0.6 is 0 Å². The molecule has 1 fully saturated rings. The number of hydrogen-bond donors (Lipinski definition) is 2. The van der Waals surface area contributed by atoms with Crippen LogP contribution < -0.4 is 15.4 Å². The van der Waals surface area contributed by atoms with Gasteiger partial charge in [-0.2, -0.15) is 4.31 Å². The van der Waals surface area contributed by atoms with Gasteiger partial charge in [0.25, 0.3) is 0 Å². The van der Waals surface area contributed by atoms with E-state index in [0.717, 1.165) is 0 Å². The molecule has 0 radical (unpaired) electrons. The van der Waals surface area contributed by atoms with Crippen LogP contribution in [0.4, 0.5) is 5.69 Å². The fraction of sp³-hybridized carbons (Fsp3) is 0.381. The molecule has 9 nitrogen and oxygen atoms in total. The van der Waals surface area contributed by atoms with Crippen molar-refractivity contribution in [3.63, 3.8) is 0 Å². The summed E-state index contributed by atoms with van der Waals surface area (Å²) in [6, 6.07) is 9.54. The SMILES string of the molecule is COc1ccc(S(=O)(=O)N2CCC[C@@H](C(=O)NCCC(=O)Nc3ccncc3)C2)cc1. The van der Waals surface area contributed by atoms with Crippen molar-refractivity contribution in [2.45, 2.75) is 24.2 Å². The van der Waals surface area contributed by atoms with Gasteiger partial charge in [0.15, 0.2) is 0 Å². The minimum absolute atomic E-state index is 0.114. The van der Waals surface area contributed by atoms with Crippen molar-refractivity contribution in [1.29, 1.82) is 0 Å². The van der Waals surface area contributed by atoms with Gasteiger partial charge >= 0.3 is 0 Å². The van der Waals surface area contributed by atoms with Crippen LogP contribution in [0.5, 0.6) is 5.75 Å². The summed E-state index contributed by atoms with van der Waals surface area (Å²) < 4.78 is 32.3. The molecule has 10 heteroatoms. The van der Waals surface area contributed by atoms with Crippen LogP contribution in [0.2, 0.25) is 0 Å². The molecule has 1 aromatic heterocycles.